The van der Waals surface area contributed by atoms with E-state index in [0.717, 1.165) is 20.2 Å². The van der Waals surface area contributed by atoms with Crippen LogP contribution in [0.5, 0.6) is 0 Å². The van der Waals surface area contributed by atoms with Crippen molar-refractivity contribution in [2.24, 2.45) is 7.05 Å². The zero-order valence-electron chi connectivity index (χ0n) is 7.54. The summed E-state index contributed by atoms with van der Waals surface area (Å²) in [5.74, 6) is 0. The maximum Gasteiger partial charge on any atom is 0.0690 e. The average molecular weight is 316 g/mol. The molecule has 0 atom stereocenters. The average Bonchev–Trinajstić information content (AvgIpc) is 2.57. The molecule has 0 unspecified atom stereocenters. The van der Waals surface area contributed by atoms with Crippen LogP contribution in [0.3, 0.4) is 0 Å². The summed E-state index contributed by atoms with van der Waals surface area (Å²) in [5, 5.41) is 4.14. The summed E-state index contributed by atoms with van der Waals surface area (Å²) in [7, 11) is 1.93. The summed E-state index contributed by atoms with van der Waals surface area (Å²) in [6, 6.07) is 8.07. The molecular weight excluding hydrogens is 308 g/mol. The van der Waals surface area contributed by atoms with Crippen LogP contribution in [0.4, 0.5) is 0 Å². The number of aromatic nitrogens is 2. The first-order chi connectivity index (χ1) is 6.70. The lowest BCUT2D eigenvalue weighted by molar-refractivity contribution is 0.775. The van der Waals surface area contributed by atoms with Gasteiger partial charge in [-0.05, 0) is 44.0 Å². The molecule has 0 aliphatic rings. The Morgan fingerprint density at radius 2 is 2.00 bits per heavy atom. The van der Waals surface area contributed by atoms with Crippen LogP contribution in [0.15, 0.2) is 39.4 Å². The third-order valence-corrected chi connectivity index (χ3v) is 4.10. The van der Waals surface area contributed by atoms with Crippen molar-refractivity contribution in [1.82, 2.24) is 9.78 Å². The van der Waals surface area contributed by atoms with Gasteiger partial charge in [0.2, 0.25) is 0 Å². The van der Waals surface area contributed by atoms with E-state index >= 15 is 0 Å². The van der Waals surface area contributed by atoms with Gasteiger partial charge in [0.1, 0.15) is 0 Å². The molecule has 1 heterocycles. The Morgan fingerprint density at radius 3 is 2.64 bits per heavy atom. The molecule has 2 aromatic rings. The second kappa shape index (κ2) is 3.87. The second-order valence-corrected chi connectivity index (χ2v) is 4.59. The summed E-state index contributed by atoms with van der Waals surface area (Å²) in [5.41, 5.74) is 2.23. The number of benzene rings is 1. The number of halogens is 2. The van der Waals surface area contributed by atoms with E-state index in [1.165, 1.54) is 0 Å². The molecule has 0 amide bonds. The summed E-state index contributed by atoms with van der Waals surface area (Å²) in [4.78, 5) is 0. The highest BCUT2D eigenvalue weighted by Crippen LogP contribution is 2.33. The van der Waals surface area contributed by atoms with Crippen molar-refractivity contribution in [3.05, 3.63) is 39.4 Å². The Bertz CT molecular complexity index is 463. The van der Waals surface area contributed by atoms with Crippen molar-refractivity contribution in [2.75, 3.05) is 0 Å². The largest absolute Gasteiger partial charge is 0.268 e. The smallest absolute Gasteiger partial charge is 0.0690 e. The highest BCUT2D eigenvalue weighted by molar-refractivity contribution is 9.13. The predicted molar refractivity (Wildman–Crippen MR) is 64.0 cm³/mol. The first-order valence-electron chi connectivity index (χ1n) is 4.12. The first-order valence-corrected chi connectivity index (χ1v) is 5.71. The van der Waals surface area contributed by atoms with Gasteiger partial charge in [-0.3, -0.25) is 4.68 Å². The van der Waals surface area contributed by atoms with Crippen LogP contribution in [-0.2, 0) is 7.05 Å². The molecule has 14 heavy (non-hydrogen) atoms. The minimum absolute atomic E-state index is 1.05. The van der Waals surface area contributed by atoms with Gasteiger partial charge in [-0.25, -0.2) is 0 Å². The third kappa shape index (κ3) is 1.64. The molecule has 0 radical (unpaired) electrons. The Kier molecular flexibility index (Phi) is 2.74. The lowest BCUT2D eigenvalue weighted by Gasteiger charge is -2.05. The van der Waals surface area contributed by atoms with Gasteiger partial charge in [-0.2, -0.15) is 5.10 Å². The zero-order valence-corrected chi connectivity index (χ0v) is 10.7. The van der Waals surface area contributed by atoms with Gasteiger partial charge in [-0.1, -0.05) is 12.1 Å². The molecule has 2 rings (SSSR count). The van der Waals surface area contributed by atoms with E-state index in [4.69, 9.17) is 0 Å². The van der Waals surface area contributed by atoms with Crippen LogP contribution in [0.25, 0.3) is 11.3 Å². The van der Waals surface area contributed by atoms with Gasteiger partial charge >= 0.3 is 0 Å². The molecule has 0 N–H and O–H groups in total. The molecule has 72 valence electrons. The molecule has 0 aliphatic heterocycles. The summed E-state index contributed by atoms with van der Waals surface area (Å²) in [6.45, 7) is 0. The van der Waals surface area contributed by atoms with E-state index in [2.05, 4.69) is 43.0 Å². The molecule has 0 spiro atoms. The minimum Gasteiger partial charge on any atom is -0.268 e. The van der Waals surface area contributed by atoms with E-state index < -0.39 is 0 Å². The maximum absolute atomic E-state index is 4.14. The van der Waals surface area contributed by atoms with Crippen molar-refractivity contribution in [3.8, 4) is 11.3 Å². The third-order valence-electron chi connectivity index (χ3n) is 2.05. The topological polar surface area (TPSA) is 17.8 Å². The van der Waals surface area contributed by atoms with Crippen LogP contribution in [0.1, 0.15) is 0 Å². The molecule has 4 heteroatoms. The molecule has 0 fully saturated rings. The summed E-state index contributed by atoms with van der Waals surface area (Å²) < 4.78 is 3.96. The fourth-order valence-corrected chi connectivity index (χ4v) is 2.17. The SMILES string of the molecule is Cn1nccc1-c1cccc(Br)c1Br. The Balaban J connectivity index is 2.63. The van der Waals surface area contributed by atoms with E-state index in [9.17, 15) is 0 Å². The molecule has 0 saturated heterocycles. The van der Waals surface area contributed by atoms with E-state index in [1.807, 2.05) is 29.9 Å². The van der Waals surface area contributed by atoms with Crippen molar-refractivity contribution in [2.45, 2.75) is 0 Å². The number of hydrogen-bond acceptors (Lipinski definition) is 1. The monoisotopic (exact) mass is 314 g/mol. The van der Waals surface area contributed by atoms with Gasteiger partial charge in [0, 0.05) is 27.8 Å². The normalized spacial score (nSPS) is 10.5. The Morgan fingerprint density at radius 1 is 1.21 bits per heavy atom. The van der Waals surface area contributed by atoms with Gasteiger partial charge < -0.3 is 0 Å². The van der Waals surface area contributed by atoms with Crippen LogP contribution in [-0.4, -0.2) is 9.78 Å². The van der Waals surface area contributed by atoms with Gasteiger partial charge in [-0.15, -0.1) is 0 Å². The first kappa shape index (κ1) is 9.93. The van der Waals surface area contributed by atoms with Crippen LogP contribution in [0.2, 0.25) is 0 Å². The molecule has 0 bridgehead atoms. The predicted octanol–water partition coefficient (Wildman–Crippen LogP) is 3.61. The lowest BCUT2D eigenvalue weighted by atomic mass is 10.1. The quantitative estimate of drug-likeness (QED) is 0.786. The maximum atomic E-state index is 4.14. The number of hydrogen-bond donors (Lipinski definition) is 0. The van der Waals surface area contributed by atoms with Gasteiger partial charge in [0.05, 0.1) is 5.69 Å². The molecular formula is C10H8Br2N2. The Hall–Kier alpha value is -0.610. The van der Waals surface area contributed by atoms with E-state index in [-0.39, 0.29) is 0 Å². The minimum atomic E-state index is 1.05. The molecule has 1 aromatic heterocycles. The molecule has 0 saturated carbocycles. The number of aryl methyl sites for hydroxylation is 1. The second-order valence-electron chi connectivity index (χ2n) is 2.94. The van der Waals surface area contributed by atoms with Crippen LogP contribution in [0, 0.1) is 0 Å². The van der Waals surface area contributed by atoms with Crippen molar-refractivity contribution >= 4 is 31.9 Å². The zero-order chi connectivity index (χ0) is 10.1. The van der Waals surface area contributed by atoms with E-state index in [0.29, 0.717) is 0 Å². The number of nitrogens with zero attached hydrogens (tertiary/aromatic N) is 2. The van der Waals surface area contributed by atoms with Crippen molar-refractivity contribution in [3.63, 3.8) is 0 Å². The molecule has 0 aliphatic carbocycles. The van der Waals surface area contributed by atoms with Crippen LogP contribution >= 0.6 is 31.9 Å². The summed E-state index contributed by atoms with van der Waals surface area (Å²) in [6.07, 6.45) is 1.79. The fourth-order valence-electron chi connectivity index (χ4n) is 1.34. The van der Waals surface area contributed by atoms with Crippen molar-refractivity contribution in [1.29, 1.82) is 0 Å². The highest BCUT2D eigenvalue weighted by atomic mass is 79.9. The standard InChI is InChI=1S/C10H8Br2N2/c1-14-9(5-6-13-14)7-3-2-4-8(11)10(7)12/h2-6H,1H3. The van der Waals surface area contributed by atoms with Gasteiger partial charge in [0.15, 0.2) is 0 Å². The van der Waals surface area contributed by atoms with Gasteiger partial charge in [0.25, 0.3) is 0 Å². The lowest BCUT2D eigenvalue weighted by Crippen LogP contribution is -1.93. The molecule has 2 nitrogen and oxygen atoms in total. The fraction of sp³-hybridized carbons (Fsp3) is 0.100. The Labute approximate surface area is 99.2 Å². The summed E-state index contributed by atoms with van der Waals surface area (Å²) >= 11 is 7.03. The van der Waals surface area contributed by atoms with Crippen molar-refractivity contribution < 1.29 is 0 Å². The number of rotatable bonds is 1. The van der Waals surface area contributed by atoms with Crippen LogP contribution < -0.4 is 0 Å². The van der Waals surface area contributed by atoms with E-state index in [1.54, 1.807) is 6.20 Å². The highest BCUT2D eigenvalue weighted by Gasteiger charge is 2.08. The molecule has 1 aromatic carbocycles.